The highest BCUT2D eigenvalue weighted by atomic mass is 79.9. The number of hydrogen-bond acceptors (Lipinski definition) is 3. The van der Waals surface area contributed by atoms with Crippen LogP contribution in [0, 0.1) is 0 Å². The maximum Gasteiger partial charge on any atom is 0.274 e. The fraction of sp³-hybridized carbons (Fsp3) is 0.136. The number of fused-ring (bicyclic) bond motifs is 2. The molecule has 1 aromatic carbocycles. The Bertz CT molecular complexity index is 1190. The van der Waals surface area contributed by atoms with Gasteiger partial charge in [0.25, 0.3) is 5.91 Å². The Kier molecular flexibility index (Phi) is 4.20. The van der Waals surface area contributed by atoms with Gasteiger partial charge in [0, 0.05) is 35.5 Å². The van der Waals surface area contributed by atoms with Gasteiger partial charge < -0.3 is 4.90 Å². The lowest BCUT2D eigenvalue weighted by Crippen LogP contribution is -2.36. The SMILES string of the molecule is O=C(c1cc2ccc(Br)cn2n1)N1CCc2cc(-c3ccccn3)ccc2C1. The number of halogens is 1. The summed E-state index contributed by atoms with van der Waals surface area (Å²) < 4.78 is 2.66. The molecular weight excluding hydrogens is 416 g/mol. The average molecular weight is 433 g/mol. The Balaban J connectivity index is 1.39. The molecule has 3 aromatic heterocycles. The molecule has 0 spiro atoms. The molecule has 4 heterocycles. The first-order chi connectivity index (χ1) is 13.7. The van der Waals surface area contributed by atoms with Gasteiger partial charge in [-0.25, -0.2) is 4.52 Å². The van der Waals surface area contributed by atoms with Crippen LogP contribution in [0.5, 0.6) is 0 Å². The number of rotatable bonds is 2. The van der Waals surface area contributed by atoms with E-state index in [2.05, 4.69) is 44.2 Å². The summed E-state index contributed by atoms with van der Waals surface area (Å²) in [4.78, 5) is 19.3. The molecule has 0 radical (unpaired) electrons. The molecule has 0 atom stereocenters. The molecule has 5 nitrogen and oxygen atoms in total. The van der Waals surface area contributed by atoms with Crippen molar-refractivity contribution < 1.29 is 4.79 Å². The molecule has 0 aliphatic carbocycles. The number of carbonyl (C=O) groups is 1. The van der Waals surface area contributed by atoms with E-state index >= 15 is 0 Å². The normalized spacial score (nSPS) is 13.5. The van der Waals surface area contributed by atoms with Crippen molar-refractivity contribution >= 4 is 27.4 Å². The Hall–Kier alpha value is -2.99. The van der Waals surface area contributed by atoms with Crippen LogP contribution in [0.3, 0.4) is 0 Å². The van der Waals surface area contributed by atoms with Gasteiger partial charge in [-0.05, 0) is 69.9 Å². The van der Waals surface area contributed by atoms with Crippen LogP contribution < -0.4 is 0 Å². The Morgan fingerprint density at radius 1 is 1.04 bits per heavy atom. The molecule has 138 valence electrons. The highest BCUT2D eigenvalue weighted by molar-refractivity contribution is 9.10. The zero-order valence-electron chi connectivity index (χ0n) is 15.0. The van der Waals surface area contributed by atoms with Crippen molar-refractivity contribution in [1.82, 2.24) is 19.5 Å². The van der Waals surface area contributed by atoms with E-state index in [-0.39, 0.29) is 5.91 Å². The number of hydrogen-bond donors (Lipinski definition) is 0. The fourth-order valence-electron chi connectivity index (χ4n) is 3.65. The van der Waals surface area contributed by atoms with Crippen LogP contribution in [0.4, 0.5) is 0 Å². The lowest BCUT2D eigenvalue weighted by atomic mass is 9.96. The molecule has 0 saturated carbocycles. The molecule has 1 aliphatic rings. The zero-order chi connectivity index (χ0) is 19.1. The molecule has 1 amide bonds. The summed E-state index contributed by atoms with van der Waals surface area (Å²) in [6, 6.07) is 18.1. The van der Waals surface area contributed by atoms with Crippen LogP contribution in [-0.2, 0) is 13.0 Å². The second kappa shape index (κ2) is 6.87. The van der Waals surface area contributed by atoms with Crippen LogP contribution in [0.1, 0.15) is 21.6 Å². The van der Waals surface area contributed by atoms with Gasteiger partial charge in [-0.3, -0.25) is 9.78 Å². The van der Waals surface area contributed by atoms with Crippen molar-refractivity contribution in [2.24, 2.45) is 0 Å². The molecule has 28 heavy (non-hydrogen) atoms. The minimum atomic E-state index is -0.0284. The lowest BCUT2D eigenvalue weighted by molar-refractivity contribution is 0.0728. The van der Waals surface area contributed by atoms with E-state index in [1.165, 1.54) is 11.1 Å². The topological polar surface area (TPSA) is 50.5 Å². The highest BCUT2D eigenvalue weighted by Gasteiger charge is 2.24. The van der Waals surface area contributed by atoms with Crippen molar-refractivity contribution in [3.05, 3.63) is 88.3 Å². The lowest BCUT2D eigenvalue weighted by Gasteiger charge is -2.28. The maximum absolute atomic E-state index is 13.0. The number of aromatic nitrogens is 3. The second-order valence-electron chi connectivity index (χ2n) is 6.92. The van der Waals surface area contributed by atoms with Gasteiger partial charge in [0.15, 0.2) is 5.69 Å². The zero-order valence-corrected chi connectivity index (χ0v) is 16.6. The number of benzene rings is 1. The molecule has 0 fully saturated rings. The van der Waals surface area contributed by atoms with E-state index in [0.717, 1.165) is 27.7 Å². The third-order valence-electron chi connectivity index (χ3n) is 5.11. The molecule has 1 aliphatic heterocycles. The molecule has 4 aromatic rings. The summed E-state index contributed by atoms with van der Waals surface area (Å²) in [5.41, 5.74) is 5.94. The first-order valence-corrected chi connectivity index (χ1v) is 9.94. The molecule has 0 N–H and O–H groups in total. The fourth-order valence-corrected chi connectivity index (χ4v) is 3.97. The summed E-state index contributed by atoms with van der Waals surface area (Å²) in [6.45, 7) is 1.29. The van der Waals surface area contributed by atoms with Crippen LogP contribution in [0.25, 0.3) is 16.8 Å². The second-order valence-corrected chi connectivity index (χ2v) is 7.84. The van der Waals surface area contributed by atoms with Gasteiger partial charge in [-0.2, -0.15) is 5.10 Å². The summed E-state index contributed by atoms with van der Waals surface area (Å²) in [7, 11) is 0. The molecule has 6 heteroatoms. The Morgan fingerprint density at radius 2 is 1.96 bits per heavy atom. The number of nitrogens with zero attached hydrogens (tertiary/aromatic N) is 4. The maximum atomic E-state index is 13.0. The van der Waals surface area contributed by atoms with Gasteiger partial charge in [-0.1, -0.05) is 18.2 Å². The van der Waals surface area contributed by atoms with Crippen molar-refractivity contribution in [2.75, 3.05) is 6.54 Å². The predicted octanol–water partition coefficient (Wildman–Crippen LogP) is 4.36. The number of pyridine rings is 2. The Labute approximate surface area is 170 Å². The summed E-state index contributed by atoms with van der Waals surface area (Å²) in [5, 5.41) is 4.45. The Morgan fingerprint density at radius 3 is 2.82 bits per heavy atom. The molecule has 0 bridgehead atoms. The summed E-state index contributed by atoms with van der Waals surface area (Å²) in [6.07, 6.45) is 4.50. The smallest absolute Gasteiger partial charge is 0.274 e. The molecule has 5 rings (SSSR count). The van der Waals surface area contributed by atoms with Crippen LogP contribution in [0.15, 0.2) is 71.5 Å². The minimum absolute atomic E-state index is 0.0284. The van der Waals surface area contributed by atoms with Crippen LogP contribution in [-0.4, -0.2) is 31.9 Å². The van der Waals surface area contributed by atoms with Crippen molar-refractivity contribution in [1.29, 1.82) is 0 Å². The predicted molar refractivity (Wildman–Crippen MR) is 111 cm³/mol. The monoisotopic (exact) mass is 432 g/mol. The van der Waals surface area contributed by atoms with E-state index in [4.69, 9.17) is 0 Å². The van der Waals surface area contributed by atoms with Crippen molar-refractivity contribution in [3.63, 3.8) is 0 Å². The molecule has 0 saturated heterocycles. The van der Waals surface area contributed by atoms with E-state index in [1.807, 2.05) is 53.7 Å². The third-order valence-corrected chi connectivity index (χ3v) is 5.58. The third kappa shape index (κ3) is 3.10. The van der Waals surface area contributed by atoms with Gasteiger partial charge in [0.2, 0.25) is 0 Å². The minimum Gasteiger partial charge on any atom is -0.333 e. The standard InChI is InChI=1S/C22H17BrN4O/c23-18-6-7-19-12-21(25-27(19)14-18)22(28)26-10-8-15-11-16(4-5-17(15)13-26)20-3-1-2-9-24-20/h1-7,9,11-12,14H,8,10,13H2. The van der Waals surface area contributed by atoms with E-state index < -0.39 is 0 Å². The quantitative estimate of drug-likeness (QED) is 0.472. The summed E-state index contributed by atoms with van der Waals surface area (Å²) in [5.74, 6) is -0.0284. The van der Waals surface area contributed by atoms with E-state index in [0.29, 0.717) is 18.8 Å². The average Bonchev–Trinajstić information content (AvgIpc) is 3.16. The van der Waals surface area contributed by atoms with Gasteiger partial charge >= 0.3 is 0 Å². The van der Waals surface area contributed by atoms with Gasteiger partial charge in [-0.15, -0.1) is 0 Å². The molecular formula is C22H17BrN4O. The first kappa shape index (κ1) is 17.1. The van der Waals surface area contributed by atoms with E-state index in [9.17, 15) is 4.79 Å². The molecule has 0 unspecified atom stereocenters. The number of carbonyl (C=O) groups excluding carboxylic acids is 1. The highest BCUT2D eigenvalue weighted by Crippen LogP contribution is 2.26. The first-order valence-electron chi connectivity index (χ1n) is 9.15. The van der Waals surface area contributed by atoms with Gasteiger partial charge in [0.1, 0.15) is 0 Å². The summed E-state index contributed by atoms with van der Waals surface area (Å²) >= 11 is 3.44. The van der Waals surface area contributed by atoms with E-state index in [1.54, 1.807) is 4.52 Å². The van der Waals surface area contributed by atoms with Gasteiger partial charge in [0.05, 0.1) is 11.2 Å². The van der Waals surface area contributed by atoms with Crippen LogP contribution in [0.2, 0.25) is 0 Å². The van der Waals surface area contributed by atoms with Crippen molar-refractivity contribution in [3.8, 4) is 11.3 Å². The van der Waals surface area contributed by atoms with Crippen LogP contribution >= 0.6 is 15.9 Å². The number of amides is 1. The largest absolute Gasteiger partial charge is 0.333 e. The van der Waals surface area contributed by atoms with Crippen molar-refractivity contribution in [2.45, 2.75) is 13.0 Å².